The highest BCUT2D eigenvalue weighted by Crippen LogP contribution is 2.24. The highest BCUT2D eigenvalue weighted by Gasteiger charge is 2.29. The van der Waals surface area contributed by atoms with Gasteiger partial charge in [0.25, 0.3) is 5.91 Å². The minimum atomic E-state index is -0.137. The first-order chi connectivity index (χ1) is 8.46. The molecular weight excluding hydrogens is 341 g/mol. The van der Waals surface area contributed by atoms with Crippen molar-refractivity contribution >= 4 is 28.5 Å². The Bertz CT molecular complexity index is 428. The summed E-state index contributed by atoms with van der Waals surface area (Å²) in [5.41, 5.74) is 0.585. The van der Waals surface area contributed by atoms with Gasteiger partial charge < -0.3 is 10.1 Å². The number of ether oxygens (including phenoxy) is 1. The van der Waals surface area contributed by atoms with E-state index in [-0.39, 0.29) is 17.6 Å². The lowest BCUT2D eigenvalue weighted by atomic mass is 9.94. The van der Waals surface area contributed by atoms with Crippen molar-refractivity contribution in [1.29, 1.82) is 0 Å². The average Bonchev–Trinajstić information content (AvgIpc) is 2.28. The second-order valence-electron chi connectivity index (χ2n) is 5.28. The lowest BCUT2D eigenvalue weighted by Gasteiger charge is -2.35. The molecule has 0 aromatic heterocycles. The third-order valence-electron chi connectivity index (χ3n) is 3.14. The monoisotopic (exact) mass is 359 g/mol. The number of rotatable bonds is 2. The van der Waals surface area contributed by atoms with Gasteiger partial charge in [0, 0.05) is 21.8 Å². The van der Waals surface area contributed by atoms with Gasteiger partial charge in [0.05, 0.1) is 5.60 Å². The Morgan fingerprint density at radius 2 is 2.06 bits per heavy atom. The summed E-state index contributed by atoms with van der Waals surface area (Å²) in [5, 5.41) is 3.09. The highest BCUT2D eigenvalue weighted by molar-refractivity contribution is 14.1. The van der Waals surface area contributed by atoms with E-state index in [0.717, 1.165) is 22.0 Å². The molecule has 1 aromatic carbocycles. The van der Waals surface area contributed by atoms with E-state index in [1.807, 2.05) is 24.3 Å². The second kappa shape index (κ2) is 5.57. The van der Waals surface area contributed by atoms with Gasteiger partial charge in [-0.3, -0.25) is 4.79 Å². The van der Waals surface area contributed by atoms with Gasteiger partial charge >= 0.3 is 0 Å². The summed E-state index contributed by atoms with van der Waals surface area (Å²) in [7, 11) is 0. The Kier molecular flexibility index (Phi) is 4.27. The van der Waals surface area contributed by atoms with Gasteiger partial charge in [0.15, 0.2) is 0 Å². The quantitative estimate of drug-likeness (QED) is 0.825. The number of amides is 1. The van der Waals surface area contributed by atoms with Crippen LogP contribution in [0, 0.1) is 3.57 Å². The Morgan fingerprint density at radius 3 is 2.67 bits per heavy atom. The third-order valence-corrected chi connectivity index (χ3v) is 3.86. The SMILES string of the molecule is CC1(C)CC(NC(=O)c2ccc(I)cc2)CCO1. The number of halogens is 1. The van der Waals surface area contributed by atoms with Gasteiger partial charge in [-0.1, -0.05) is 0 Å². The number of hydrogen-bond acceptors (Lipinski definition) is 2. The van der Waals surface area contributed by atoms with E-state index in [1.54, 1.807) is 0 Å². The summed E-state index contributed by atoms with van der Waals surface area (Å²) < 4.78 is 6.78. The van der Waals surface area contributed by atoms with Gasteiger partial charge in [-0.05, 0) is 73.5 Å². The molecule has 98 valence electrons. The van der Waals surface area contributed by atoms with Crippen molar-refractivity contribution in [2.75, 3.05) is 6.61 Å². The Hall–Kier alpha value is -0.620. The molecule has 1 amide bonds. The van der Waals surface area contributed by atoms with Crippen molar-refractivity contribution in [3.8, 4) is 0 Å². The van der Waals surface area contributed by atoms with Gasteiger partial charge in [0.1, 0.15) is 0 Å². The maximum atomic E-state index is 12.1. The number of carbonyl (C=O) groups excluding carboxylic acids is 1. The predicted molar refractivity (Wildman–Crippen MR) is 79.7 cm³/mol. The molecule has 1 aliphatic heterocycles. The van der Waals surface area contributed by atoms with E-state index in [2.05, 4.69) is 41.8 Å². The van der Waals surface area contributed by atoms with Crippen LogP contribution in [0.25, 0.3) is 0 Å². The summed E-state index contributed by atoms with van der Waals surface area (Å²) in [6.07, 6.45) is 1.75. The molecule has 4 heteroatoms. The highest BCUT2D eigenvalue weighted by atomic mass is 127. The van der Waals surface area contributed by atoms with Crippen molar-refractivity contribution in [3.63, 3.8) is 0 Å². The van der Waals surface area contributed by atoms with Gasteiger partial charge in [0.2, 0.25) is 0 Å². The van der Waals surface area contributed by atoms with Crippen LogP contribution in [0.4, 0.5) is 0 Å². The maximum absolute atomic E-state index is 12.1. The van der Waals surface area contributed by atoms with Crippen LogP contribution in [0.15, 0.2) is 24.3 Å². The third kappa shape index (κ3) is 3.68. The molecule has 0 radical (unpaired) electrons. The molecule has 1 aromatic rings. The molecule has 0 saturated carbocycles. The summed E-state index contributed by atoms with van der Waals surface area (Å²) in [6, 6.07) is 7.83. The first-order valence-corrected chi connectivity index (χ1v) is 7.24. The van der Waals surface area contributed by atoms with E-state index in [4.69, 9.17) is 4.74 Å². The molecule has 1 fully saturated rings. The van der Waals surface area contributed by atoms with Crippen LogP contribution in [-0.2, 0) is 4.74 Å². The van der Waals surface area contributed by atoms with Gasteiger partial charge in [-0.2, -0.15) is 0 Å². The van der Waals surface area contributed by atoms with Crippen LogP contribution in [0.5, 0.6) is 0 Å². The summed E-state index contributed by atoms with van der Waals surface area (Å²) in [5.74, 6) is 0.00843. The normalized spacial score (nSPS) is 22.5. The minimum Gasteiger partial charge on any atom is -0.375 e. The lowest BCUT2D eigenvalue weighted by molar-refractivity contribution is -0.0615. The molecule has 1 aliphatic rings. The molecule has 0 spiro atoms. The van der Waals surface area contributed by atoms with Crippen LogP contribution in [0.3, 0.4) is 0 Å². The lowest BCUT2D eigenvalue weighted by Crippen LogP contribution is -2.45. The van der Waals surface area contributed by atoms with Crippen LogP contribution < -0.4 is 5.32 Å². The molecule has 18 heavy (non-hydrogen) atoms. The maximum Gasteiger partial charge on any atom is 0.251 e. The molecule has 3 nitrogen and oxygen atoms in total. The van der Waals surface area contributed by atoms with Crippen molar-refractivity contribution < 1.29 is 9.53 Å². The zero-order chi connectivity index (χ0) is 13.2. The summed E-state index contributed by atoms with van der Waals surface area (Å²) >= 11 is 2.23. The molecule has 1 unspecified atom stereocenters. The Balaban J connectivity index is 1.97. The summed E-state index contributed by atoms with van der Waals surface area (Å²) in [6.45, 7) is 4.84. The largest absolute Gasteiger partial charge is 0.375 e. The fourth-order valence-electron chi connectivity index (χ4n) is 2.23. The van der Waals surface area contributed by atoms with Crippen LogP contribution in [0.2, 0.25) is 0 Å². The van der Waals surface area contributed by atoms with Gasteiger partial charge in [-0.15, -0.1) is 0 Å². The van der Waals surface area contributed by atoms with Crippen LogP contribution in [-0.4, -0.2) is 24.2 Å². The Morgan fingerprint density at radius 1 is 1.39 bits per heavy atom. The Labute approximate surface area is 121 Å². The smallest absolute Gasteiger partial charge is 0.251 e. The van der Waals surface area contributed by atoms with E-state index in [9.17, 15) is 4.79 Å². The zero-order valence-electron chi connectivity index (χ0n) is 10.7. The zero-order valence-corrected chi connectivity index (χ0v) is 12.9. The fraction of sp³-hybridized carbons (Fsp3) is 0.500. The van der Waals surface area contributed by atoms with E-state index < -0.39 is 0 Å². The molecule has 1 N–H and O–H groups in total. The van der Waals surface area contributed by atoms with Crippen molar-refractivity contribution in [2.45, 2.75) is 38.3 Å². The van der Waals surface area contributed by atoms with Gasteiger partial charge in [-0.25, -0.2) is 0 Å². The standard InChI is InChI=1S/C14H18INO2/c1-14(2)9-12(7-8-18-14)16-13(17)10-3-5-11(15)6-4-10/h3-6,12H,7-9H2,1-2H3,(H,16,17). The number of nitrogens with one attached hydrogen (secondary N) is 1. The first-order valence-electron chi connectivity index (χ1n) is 6.17. The van der Waals surface area contributed by atoms with Crippen molar-refractivity contribution in [1.82, 2.24) is 5.32 Å². The molecule has 0 bridgehead atoms. The van der Waals surface area contributed by atoms with Crippen molar-refractivity contribution in [2.24, 2.45) is 0 Å². The molecule has 1 atom stereocenters. The van der Waals surface area contributed by atoms with E-state index in [0.29, 0.717) is 6.61 Å². The summed E-state index contributed by atoms with van der Waals surface area (Å²) in [4.78, 5) is 12.1. The molecule has 0 aliphatic carbocycles. The average molecular weight is 359 g/mol. The van der Waals surface area contributed by atoms with Crippen LogP contribution >= 0.6 is 22.6 Å². The molecular formula is C14H18INO2. The minimum absolute atomic E-state index is 0.00843. The van der Waals surface area contributed by atoms with Crippen molar-refractivity contribution in [3.05, 3.63) is 33.4 Å². The molecule has 1 saturated heterocycles. The number of carbonyl (C=O) groups is 1. The topological polar surface area (TPSA) is 38.3 Å². The van der Waals surface area contributed by atoms with E-state index in [1.165, 1.54) is 0 Å². The fourth-order valence-corrected chi connectivity index (χ4v) is 2.58. The first kappa shape index (κ1) is 13.8. The molecule has 1 heterocycles. The second-order valence-corrected chi connectivity index (χ2v) is 6.52. The van der Waals surface area contributed by atoms with E-state index >= 15 is 0 Å². The van der Waals surface area contributed by atoms with Crippen LogP contribution in [0.1, 0.15) is 37.0 Å². The molecule has 2 rings (SSSR count). The number of benzene rings is 1. The predicted octanol–water partition coefficient (Wildman–Crippen LogP) is 2.98. The number of hydrogen-bond donors (Lipinski definition) is 1.